The van der Waals surface area contributed by atoms with Crippen molar-refractivity contribution in [2.75, 3.05) is 17.2 Å². The predicted octanol–water partition coefficient (Wildman–Crippen LogP) is 3.40. The van der Waals surface area contributed by atoms with Crippen molar-refractivity contribution in [1.29, 1.82) is 0 Å². The molecule has 3 aromatic rings. The van der Waals surface area contributed by atoms with E-state index in [2.05, 4.69) is 20.6 Å². The molecule has 27 heavy (non-hydrogen) atoms. The van der Waals surface area contributed by atoms with E-state index in [4.69, 9.17) is 5.73 Å². The molecule has 0 aliphatic rings. The fraction of sp³-hybridized carbons (Fsp3) is 0.190. The summed E-state index contributed by atoms with van der Waals surface area (Å²) in [5.41, 5.74) is 8.63. The van der Waals surface area contributed by atoms with Gasteiger partial charge in [0.1, 0.15) is 0 Å². The maximum Gasteiger partial charge on any atom is 0.259 e. The van der Waals surface area contributed by atoms with Crippen molar-refractivity contribution in [2.24, 2.45) is 5.73 Å². The topological polar surface area (TPSA) is 92.9 Å². The summed E-state index contributed by atoms with van der Waals surface area (Å²) in [6.07, 6.45) is 2.05. The van der Waals surface area contributed by atoms with Gasteiger partial charge in [-0.2, -0.15) is 0 Å². The number of rotatable bonds is 7. The fourth-order valence-corrected chi connectivity index (χ4v) is 2.74. The minimum Gasteiger partial charge on any atom is -0.348 e. The molecule has 6 heteroatoms. The van der Waals surface area contributed by atoms with Crippen LogP contribution in [-0.2, 0) is 6.42 Å². The Morgan fingerprint density at radius 3 is 2.41 bits per heavy atom. The first kappa shape index (κ1) is 18.5. The standard InChI is InChI=1S/C21H23N5O/c1-15(16-8-4-2-5-9-16)24-21-23-14-18(19(26-21)12-13-22)20(27)25-17-10-6-3-7-11-17/h2-11,14-15H,12-13,22H2,1H3,(H,25,27)(H,23,24,26)/t15-/m1/s1. The third-order valence-electron chi connectivity index (χ3n) is 4.17. The van der Waals surface area contributed by atoms with Crippen LogP contribution in [0.1, 0.15) is 34.6 Å². The van der Waals surface area contributed by atoms with Crippen LogP contribution in [0, 0.1) is 0 Å². The largest absolute Gasteiger partial charge is 0.348 e. The quantitative estimate of drug-likeness (QED) is 0.600. The van der Waals surface area contributed by atoms with Gasteiger partial charge < -0.3 is 16.4 Å². The van der Waals surface area contributed by atoms with E-state index >= 15 is 0 Å². The molecule has 1 atom stereocenters. The second-order valence-electron chi connectivity index (χ2n) is 6.19. The minimum absolute atomic E-state index is 0.0425. The van der Waals surface area contributed by atoms with Crippen molar-refractivity contribution in [3.63, 3.8) is 0 Å². The maximum atomic E-state index is 12.6. The lowest BCUT2D eigenvalue weighted by molar-refractivity contribution is 0.102. The molecule has 0 fully saturated rings. The number of anilines is 2. The summed E-state index contributed by atoms with van der Waals surface area (Å²) < 4.78 is 0. The summed E-state index contributed by atoms with van der Waals surface area (Å²) in [6, 6.07) is 19.4. The molecule has 0 aliphatic heterocycles. The molecule has 0 saturated heterocycles. The van der Waals surface area contributed by atoms with Crippen LogP contribution in [0.5, 0.6) is 0 Å². The van der Waals surface area contributed by atoms with Gasteiger partial charge in [0.25, 0.3) is 5.91 Å². The van der Waals surface area contributed by atoms with Crippen LogP contribution in [0.3, 0.4) is 0 Å². The Hall–Kier alpha value is -3.25. The molecule has 0 bridgehead atoms. The van der Waals surface area contributed by atoms with E-state index in [0.29, 0.717) is 30.2 Å². The Morgan fingerprint density at radius 2 is 1.74 bits per heavy atom. The Labute approximate surface area is 158 Å². The normalized spacial score (nSPS) is 11.6. The molecular weight excluding hydrogens is 338 g/mol. The molecule has 6 nitrogen and oxygen atoms in total. The van der Waals surface area contributed by atoms with Gasteiger partial charge >= 0.3 is 0 Å². The Morgan fingerprint density at radius 1 is 1.07 bits per heavy atom. The number of nitrogens with two attached hydrogens (primary N) is 1. The zero-order valence-electron chi connectivity index (χ0n) is 15.2. The lowest BCUT2D eigenvalue weighted by Gasteiger charge is -2.16. The van der Waals surface area contributed by atoms with E-state index in [1.807, 2.05) is 67.6 Å². The first-order valence-electron chi connectivity index (χ1n) is 8.91. The lowest BCUT2D eigenvalue weighted by Crippen LogP contribution is -2.19. The van der Waals surface area contributed by atoms with E-state index in [1.165, 1.54) is 0 Å². The monoisotopic (exact) mass is 361 g/mol. The second kappa shape index (κ2) is 8.91. The molecule has 1 amide bonds. The van der Waals surface area contributed by atoms with Crippen LogP contribution < -0.4 is 16.4 Å². The van der Waals surface area contributed by atoms with Crippen molar-refractivity contribution in [3.8, 4) is 0 Å². The van der Waals surface area contributed by atoms with E-state index in [9.17, 15) is 4.79 Å². The highest BCUT2D eigenvalue weighted by Crippen LogP contribution is 2.18. The lowest BCUT2D eigenvalue weighted by atomic mass is 10.1. The van der Waals surface area contributed by atoms with Gasteiger partial charge in [-0.05, 0) is 31.2 Å². The molecule has 2 aromatic carbocycles. The molecule has 1 aromatic heterocycles. The van der Waals surface area contributed by atoms with Crippen LogP contribution in [0.15, 0.2) is 66.9 Å². The van der Waals surface area contributed by atoms with E-state index < -0.39 is 0 Å². The number of benzene rings is 2. The fourth-order valence-electron chi connectivity index (χ4n) is 2.74. The average Bonchev–Trinajstić information content (AvgIpc) is 2.70. The first-order valence-corrected chi connectivity index (χ1v) is 8.91. The van der Waals surface area contributed by atoms with Gasteiger partial charge in [0.05, 0.1) is 17.3 Å². The van der Waals surface area contributed by atoms with Gasteiger partial charge in [-0.3, -0.25) is 4.79 Å². The summed E-state index contributed by atoms with van der Waals surface area (Å²) in [6.45, 7) is 2.44. The zero-order valence-corrected chi connectivity index (χ0v) is 15.2. The van der Waals surface area contributed by atoms with Crippen molar-refractivity contribution in [2.45, 2.75) is 19.4 Å². The van der Waals surface area contributed by atoms with Crippen molar-refractivity contribution in [3.05, 3.63) is 83.7 Å². The molecule has 3 rings (SSSR count). The molecule has 0 aliphatic carbocycles. The predicted molar refractivity (Wildman–Crippen MR) is 108 cm³/mol. The number of para-hydroxylation sites is 1. The van der Waals surface area contributed by atoms with Crippen molar-refractivity contribution >= 4 is 17.5 Å². The first-order chi connectivity index (χ1) is 13.2. The Kier molecular flexibility index (Phi) is 6.12. The summed E-state index contributed by atoms with van der Waals surface area (Å²) in [5, 5.41) is 6.14. The number of nitrogens with zero attached hydrogens (tertiary/aromatic N) is 2. The van der Waals surface area contributed by atoms with Gasteiger partial charge in [0, 0.05) is 18.3 Å². The van der Waals surface area contributed by atoms with Crippen LogP contribution in [0.25, 0.3) is 0 Å². The molecule has 0 spiro atoms. The highest BCUT2D eigenvalue weighted by atomic mass is 16.1. The summed E-state index contributed by atoms with van der Waals surface area (Å²) in [7, 11) is 0. The van der Waals surface area contributed by atoms with E-state index in [0.717, 1.165) is 11.3 Å². The maximum absolute atomic E-state index is 12.6. The highest BCUT2D eigenvalue weighted by molar-refractivity contribution is 6.04. The third-order valence-corrected chi connectivity index (χ3v) is 4.17. The van der Waals surface area contributed by atoms with Gasteiger partial charge in [0.2, 0.25) is 5.95 Å². The van der Waals surface area contributed by atoms with Gasteiger partial charge in [-0.25, -0.2) is 9.97 Å². The molecule has 0 unspecified atom stereocenters. The number of carbonyl (C=O) groups is 1. The number of amides is 1. The number of nitrogens with one attached hydrogen (secondary N) is 2. The minimum atomic E-state index is -0.243. The summed E-state index contributed by atoms with van der Waals surface area (Å²) in [4.78, 5) is 21.5. The van der Waals surface area contributed by atoms with Gasteiger partial charge in [-0.15, -0.1) is 0 Å². The van der Waals surface area contributed by atoms with Crippen LogP contribution in [-0.4, -0.2) is 22.4 Å². The molecule has 0 radical (unpaired) electrons. The number of carbonyl (C=O) groups excluding carboxylic acids is 1. The molecular formula is C21H23N5O. The SMILES string of the molecule is C[C@@H](Nc1ncc(C(=O)Nc2ccccc2)c(CCN)n1)c1ccccc1. The third kappa shape index (κ3) is 4.89. The molecule has 0 saturated carbocycles. The smallest absolute Gasteiger partial charge is 0.259 e. The molecule has 1 heterocycles. The van der Waals surface area contributed by atoms with Gasteiger partial charge in [-0.1, -0.05) is 48.5 Å². The Bertz CT molecular complexity index is 884. The summed E-state index contributed by atoms with van der Waals surface area (Å²) >= 11 is 0. The van der Waals surface area contributed by atoms with Crippen LogP contribution >= 0.6 is 0 Å². The van der Waals surface area contributed by atoms with Gasteiger partial charge in [0.15, 0.2) is 0 Å². The number of aromatic nitrogens is 2. The van der Waals surface area contributed by atoms with E-state index in [-0.39, 0.29) is 11.9 Å². The van der Waals surface area contributed by atoms with Crippen LogP contribution in [0.4, 0.5) is 11.6 Å². The highest BCUT2D eigenvalue weighted by Gasteiger charge is 2.16. The van der Waals surface area contributed by atoms with Crippen molar-refractivity contribution < 1.29 is 4.79 Å². The van der Waals surface area contributed by atoms with E-state index in [1.54, 1.807) is 6.20 Å². The second-order valence-corrected chi connectivity index (χ2v) is 6.19. The van der Waals surface area contributed by atoms with Crippen molar-refractivity contribution in [1.82, 2.24) is 9.97 Å². The zero-order chi connectivity index (χ0) is 19.1. The molecule has 138 valence electrons. The summed E-state index contributed by atoms with van der Waals surface area (Å²) in [5.74, 6) is 0.235. The number of hydrogen-bond donors (Lipinski definition) is 3. The molecule has 4 N–H and O–H groups in total. The van der Waals surface area contributed by atoms with Crippen LogP contribution in [0.2, 0.25) is 0 Å². The number of hydrogen-bond acceptors (Lipinski definition) is 5. The average molecular weight is 361 g/mol. The Balaban J connectivity index is 1.79.